The second-order valence-corrected chi connectivity index (χ2v) is 4.27. The molecule has 0 fully saturated rings. The number of hydrogen-bond donors (Lipinski definition) is 1. The zero-order valence-electron chi connectivity index (χ0n) is 10.7. The summed E-state index contributed by atoms with van der Waals surface area (Å²) in [4.78, 5) is 23.1. The maximum atomic E-state index is 11.8. The first-order chi connectivity index (χ1) is 8.49. The molecule has 94 valence electrons. The summed E-state index contributed by atoms with van der Waals surface area (Å²) in [6.07, 6.45) is 0. The van der Waals surface area contributed by atoms with Crippen molar-refractivity contribution in [1.82, 2.24) is 4.57 Å². The van der Waals surface area contributed by atoms with Gasteiger partial charge in [0.15, 0.2) is 5.78 Å². The number of rotatable bonds is 3. The lowest BCUT2D eigenvalue weighted by atomic mass is 10.0. The van der Waals surface area contributed by atoms with E-state index in [9.17, 15) is 14.7 Å². The van der Waals surface area contributed by atoms with Crippen LogP contribution >= 0.6 is 0 Å². The highest BCUT2D eigenvalue weighted by Gasteiger charge is 2.21. The molecule has 2 rings (SSSR count). The van der Waals surface area contributed by atoms with Gasteiger partial charge in [0.1, 0.15) is 0 Å². The number of carbonyl (C=O) groups excluding carboxylic acids is 1. The molecule has 0 aliphatic carbocycles. The second kappa shape index (κ2) is 4.29. The van der Waals surface area contributed by atoms with Gasteiger partial charge in [-0.2, -0.15) is 0 Å². The fourth-order valence-electron chi connectivity index (χ4n) is 2.54. The van der Waals surface area contributed by atoms with E-state index in [-0.39, 0.29) is 11.3 Å². The topological polar surface area (TPSA) is 59.3 Å². The number of ketones is 1. The highest BCUT2D eigenvalue weighted by Crippen LogP contribution is 2.29. The molecule has 4 heteroatoms. The zero-order valence-corrected chi connectivity index (χ0v) is 10.7. The Labute approximate surface area is 105 Å². The van der Waals surface area contributed by atoms with Crippen LogP contribution in [-0.4, -0.2) is 21.4 Å². The molecule has 1 aromatic carbocycles. The number of Topliss-reactive ketones (excluding diaryl/α,β-unsaturated/α-hetero) is 1. The Bertz CT molecular complexity index is 653. The Morgan fingerprint density at radius 3 is 2.50 bits per heavy atom. The number of aromatic carboxylic acids is 1. The minimum absolute atomic E-state index is 0.0987. The summed E-state index contributed by atoms with van der Waals surface area (Å²) < 4.78 is 1.97. The molecule has 4 nitrogen and oxygen atoms in total. The number of carbonyl (C=O) groups is 2. The number of fused-ring (bicyclic) bond motifs is 1. The third-order valence-corrected chi connectivity index (χ3v) is 3.25. The summed E-state index contributed by atoms with van der Waals surface area (Å²) in [7, 11) is 0. The largest absolute Gasteiger partial charge is 0.478 e. The van der Waals surface area contributed by atoms with Crippen molar-refractivity contribution in [1.29, 1.82) is 0 Å². The first kappa shape index (κ1) is 12.4. The molecule has 0 amide bonds. The number of benzene rings is 1. The van der Waals surface area contributed by atoms with Crippen LogP contribution in [0.2, 0.25) is 0 Å². The van der Waals surface area contributed by atoms with Crippen molar-refractivity contribution in [3.8, 4) is 0 Å². The fraction of sp³-hybridized carbons (Fsp3) is 0.286. The van der Waals surface area contributed by atoms with Crippen LogP contribution in [0.25, 0.3) is 10.9 Å². The van der Waals surface area contributed by atoms with Gasteiger partial charge in [-0.1, -0.05) is 6.07 Å². The molecule has 0 spiro atoms. The third-order valence-electron chi connectivity index (χ3n) is 3.25. The fourth-order valence-corrected chi connectivity index (χ4v) is 2.54. The van der Waals surface area contributed by atoms with E-state index < -0.39 is 5.97 Å². The van der Waals surface area contributed by atoms with E-state index in [2.05, 4.69) is 0 Å². The molecule has 1 aromatic heterocycles. The summed E-state index contributed by atoms with van der Waals surface area (Å²) in [6, 6.07) is 5.10. The smallest absolute Gasteiger partial charge is 0.336 e. The average Bonchev–Trinajstić information content (AvgIpc) is 2.59. The van der Waals surface area contributed by atoms with E-state index >= 15 is 0 Å². The molecule has 0 radical (unpaired) electrons. The number of hydrogen-bond acceptors (Lipinski definition) is 2. The predicted octanol–water partition coefficient (Wildman–Crippen LogP) is 2.87. The standard InChI is InChI=1S/C14H15NO3/c1-4-15-8(2)12(9(3)16)13-10(14(17)18)6-5-7-11(13)15/h5-7H,4H2,1-3H3,(H,17,18). The SMILES string of the molecule is CCn1c(C)c(C(C)=O)c2c(C(=O)O)cccc21. The van der Waals surface area contributed by atoms with Crippen molar-refractivity contribution in [2.45, 2.75) is 27.3 Å². The van der Waals surface area contributed by atoms with Gasteiger partial charge in [-0.05, 0) is 32.9 Å². The van der Waals surface area contributed by atoms with E-state index in [0.29, 0.717) is 17.5 Å². The number of nitrogens with zero attached hydrogens (tertiary/aromatic N) is 1. The Balaban J connectivity index is 3.01. The van der Waals surface area contributed by atoms with Crippen LogP contribution in [0.15, 0.2) is 18.2 Å². The van der Waals surface area contributed by atoms with Crippen LogP contribution in [0.5, 0.6) is 0 Å². The van der Waals surface area contributed by atoms with Crippen molar-refractivity contribution < 1.29 is 14.7 Å². The van der Waals surface area contributed by atoms with Crippen molar-refractivity contribution in [3.05, 3.63) is 35.0 Å². The number of aromatic nitrogens is 1. The minimum Gasteiger partial charge on any atom is -0.478 e. The molecular weight excluding hydrogens is 230 g/mol. The van der Waals surface area contributed by atoms with Crippen LogP contribution in [0.4, 0.5) is 0 Å². The van der Waals surface area contributed by atoms with E-state index in [1.165, 1.54) is 13.0 Å². The van der Waals surface area contributed by atoms with Gasteiger partial charge in [0.05, 0.1) is 5.56 Å². The van der Waals surface area contributed by atoms with Gasteiger partial charge in [-0.3, -0.25) is 4.79 Å². The highest BCUT2D eigenvalue weighted by atomic mass is 16.4. The quantitative estimate of drug-likeness (QED) is 0.846. The number of carboxylic acids is 1. The summed E-state index contributed by atoms with van der Waals surface area (Å²) in [5, 5.41) is 9.79. The van der Waals surface area contributed by atoms with E-state index in [4.69, 9.17) is 0 Å². The molecule has 0 atom stereocenters. The Hall–Kier alpha value is -2.10. The molecule has 2 aromatic rings. The average molecular weight is 245 g/mol. The van der Waals surface area contributed by atoms with Gasteiger partial charge in [-0.15, -0.1) is 0 Å². The molecule has 0 aliphatic heterocycles. The van der Waals surface area contributed by atoms with E-state index in [1.54, 1.807) is 6.07 Å². The van der Waals surface area contributed by atoms with Crippen LogP contribution < -0.4 is 0 Å². The second-order valence-electron chi connectivity index (χ2n) is 4.27. The van der Waals surface area contributed by atoms with Crippen LogP contribution in [-0.2, 0) is 6.54 Å². The van der Waals surface area contributed by atoms with Crippen LogP contribution in [0.1, 0.15) is 40.3 Å². The van der Waals surface area contributed by atoms with Crippen molar-refractivity contribution in [3.63, 3.8) is 0 Å². The van der Waals surface area contributed by atoms with Crippen molar-refractivity contribution in [2.24, 2.45) is 0 Å². The molecule has 0 unspecified atom stereocenters. The zero-order chi connectivity index (χ0) is 13.4. The highest BCUT2D eigenvalue weighted by molar-refractivity contribution is 6.15. The summed E-state index contributed by atoms with van der Waals surface area (Å²) in [6.45, 7) is 6.01. The maximum absolute atomic E-state index is 11.8. The monoisotopic (exact) mass is 245 g/mol. The van der Waals surface area contributed by atoms with Crippen molar-refractivity contribution in [2.75, 3.05) is 0 Å². The summed E-state index contributed by atoms with van der Waals surface area (Å²) in [5.74, 6) is -1.10. The lowest BCUT2D eigenvalue weighted by Crippen LogP contribution is -2.01. The molecule has 0 saturated heterocycles. The molecule has 0 bridgehead atoms. The van der Waals surface area contributed by atoms with Crippen molar-refractivity contribution >= 4 is 22.7 Å². The first-order valence-electron chi connectivity index (χ1n) is 5.85. The molecule has 18 heavy (non-hydrogen) atoms. The predicted molar refractivity (Wildman–Crippen MR) is 69.3 cm³/mol. The summed E-state index contributed by atoms with van der Waals surface area (Å²) in [5.41, 5.74) is 2.34. The molecular formula is C14H15NO3. The summed E-state index contributed by atoms with van der Waals surface area (Å²) >= 11 is 0. The number of aryl methyl sites for hydroxylation is 1. The van der Waals surface area contributed by atoms with Gasteiger partial charge in [0, 0.05) is 28.7 Å². The van der Waals surface area contributed by atoms with Crippen LogP contribution in [0.3, 0.4) is 0 Å². The van der Waals surface area contributed by atoms with Gasteiger partial charge in [0.25, 0.3) is 0 Å². The number of carboxylic acid groups (broad SMARTS) is 1. The minimum atomic E-state index is -1.00. The Kier molecular flexibility index (Phi) is 2.95. The van der Waals surface area contributed by atoms with E-state index in [1.807, 2.05) is 24.5 Å². The van der Waals surface area contributed by atoms with Gasteiger partial charge in [-0.25, -0.2) is 4.79 Å². The van der Waals surface area contributed by atoms with Gasteiger partial charge >= 0.3 is 5.97 Å². The van der Waals surface area contributed by atoms with Gasteiger partial charge < -0.3 is 9.67 Å². The van der Waals surface area contributed by atoms with E-state index in [0.717, 1.165) is 11.2 Å². The lowest BCUT2D eigenvalue weighted by Gasteiger charge is -2.03. The maximum Gasteiger partial charge on any atom is 0.336 e. The normalized spacial score (nSPS) is 10.8. The van der Waals surface area contributed by atoms with Gasteiger partial charge in [0.2, 0.25) is 0 Å². The molecule has 1 N–H and O–H groups in total. The Morgan fingerprint density at radius 1 is 1.33 bits per heavy atom. The molecule has 1 heterocycles. The Morgan fingerprint density at radius 2 is 2.00 bits per heavy atom. The third kappa shape index (κ3) is 1.61. The van der Waals surface area contributed by atoms with Crippen LogP contribution in [0, 0.1) is 6.92 Å². The first-order valence-corrected chi connectivity index (χ1v) is 5.85. The lowest BCUT2D eigenvalue weighted by molar-refractivity contribution is 0.0699. The molecule has 0 aliphatic rings. The molecule has 0 saturated carbocycles.